The summed E-state index contributed by atoms with van der Waals surface area (Å²) in [5.41, 5.74) is 3.04. The number of esters is 1. The number of hydrogen-bond donors (Lipinski definition) is 1. The van der Waals surface area contributed by atoms with Gasteiger partial charge in [0.1, 0.15) is 16.4 Å². The largest absolute Gasteiger partial charge is 0.507 e. The fourth-order valence-electron chi connectivity index (χ4n) is 4.21. The zero-order valence-electron chi connectivity index (χ0n) is 21.3. The van der Waals surface area contributed by atoms with Gasteiger partial charge in [0.2, 0.25) is 0 Å². The standard InChI is InChI=1S/C28H28N2O6S/c1-6-13-36-19-11-9-18(10-12-19)22-21(23(31)20-14-15(2)7-8-16(20)3)24(32)26(33)30(22)28-29-17(4)25(37-28)27(34)35-5/h7-12,14,22,31H,6,13H2,1-5H3/b23-21+. The highest BCUT2D eigenvalue weighted by Crippen LogP contribution is 2.44. The highest BCUT2D eigenvalue weighted by Gasteiger charge is 2.48. The third-order valence-corrected chi connectivity index (χ3v) is 7.26. The number of hydrogen-bond acceptors (Lipinski definition) is 8. The van der Waals surface area contributed by atoms with Crippen molar-refractivity contribution in [3.63, 3.8) is 0 Å². The number of rotatable bonds is 7. The predicted molar refractivity (Wildman–Crippen MR) is 141 cm³/mol. The summed E-state index contributed by atoms with van der Waals surface area (Å²) in [6, 6.07) is 11.6. The SMILES string of the molecule is CCCOc1ccc(C2/C(=C(\O)c3cc(C)ccc3C)C(=O)C(=O)N2c2nc(C)c(C(=O)OC)s2)cc1. The van der Waals surface area contributed by atoms with Gasteiger partial charge in [-0.25, -0.2) is 9.78 Å². The molecule has 1 unspecified atom stereocenters. The number of amides is 1. The molecule has 0 aliphatic carbocycles. The van der Waals surface area contributed by atoms with E-state index in [0.717, 1.165) is 28.9 Å². The molecule has 192 valence electrons. The quantitative estimate of drug-likeness (QED) is 0.196. The van der Waals surface area contributed by atoms with Crippen LogP contribution in [0.4, 0.5) is 5.13 Å². The number of nitrogens with zero attached hydrogens (tertiary/aromatic N) is 2. The second-order valence-electron chi connectivity index (χ2n) is 8.81. The van der Waals surface area contributed by atoms with E-state index in [1.165, 1.54) is 12.0 Å². The topological polar surface area (TPSA) is 106 Å². The van der Waals surface area contributed by atoms with Crippen LogP contribution in [0.5, 0.6) is 5.75 Å². The number of aliphatic hydroxyl groups excluding tert-OH is 1. The van der Waals surface area contributed by atoms with Crippen LogP contribution in [-0.4, -0.2) is 41.5 Å². The van der Waals surface area contributed by atoms with Gasteiger partial charge in [0.25, 0.3) is 5.78 Å². The fraction of sp³-hybridized carbons (Fsp3) is 0.286. The summed E-state index contributed by atoms with van der Waals surface area (Å²) in [6.45, 7) is 7.90. The van der Waals surface area contributed by atoms with E-state index in [4.69, 9.17) is 9.47 Å². The number of carbonyl (C=O) groups is 3. The molecular formula is C28H28N2O6S. The lowest BCUT2D eigenvalue weighted by Gasteiger charge is -2.23. The average molecular weight is 521 g/mol. The van der Waals surface area contributed by atoms with Gasteiger partial charge >= 0.3 is 11.9 Å². The summed E-state index contributed by atoms with van der Waals surface area (Å²) in [4.78, 5) is 45.0. The van der Waals surface area contributed by atoms with Crippen molar-refractivity contribution in [2.45, 2.75) is 40.2 Å². The van der Waals surface area contributed by atoms with Gasteiger partial charge in [-0.2, -0.15) is 0 Å². The Kier molecular flexibility index (Phi) is 7.45. The van der Waals surface area contributed by atoms with E-state index in [9.17, 15) is 19.5 Å². The van der Waals surface area contributed by atoms with Crippen molar-refractivity contribution >= 4 is 39.9 Å². The minimum absolute atomic E-state index is 0.0478. The maximum absolute atomic E-state index is 13.4. The van der Waals surface area contributed by atoms with Crippen LogP contribution in [0.15, 0.2) is 48.0 Å². The number of methoxy groups -OCH3 is 1. The Labute approximate surface area is 219 Å². The van der Waals surface area contributed by atoms with Gasteiger partial charge in [-0.3, -0.25) is 14.5 Å². The molecule has 0 radical (unpaired) electrons. The number of aryl methyl sites for hydroxylation is 3. The number of anilines is 1. The molecule has 37 heavy (non-hydrogen) atoms. The molecule has 1 fully saturated rings. The number of benzene rings is 2. The van der Waals surface area contributed by atoms with Gasteiger partial charge in [-0.15, -0.1) is 0 Å². The van der Waals surface area contributed by atoms with Crippen LogP contribution < -0.4 is 9.64 Å². The normalized spacial score (nSPS) is 16.8. The molecule has 1 aliphatic rings. The summed E-state index contributed by atoms with van der Waals surface area (Å²) in [5.74, 6) is -1.87. The van der Waals surface area contributed by atoms with Crippen LogP contribution in [0.25, 0.3) is 5.76 Å². The minimum Gasteiger partial charge on any atom is -0.507 e. The van der Waals surface area contributed by atoms with Crippen LogP contribution >= 0.6 is 11.3 Å². The lowest BCUT2D eigenvalue weighted by atomic mass is 9.93. The Morgan fingerprint density at radius 2 is 1.81 bits per heavy atom. The van der Waals surface area contributed by atoms with Crippen LogP contribution in [0.3, 0.4) is 0 Å². The van der Waals surface area contributed by atoms with Gasteiger partial charge in [-0.05, 0) is 56.5 Å². The Morgan fingerprint density at radius 1 is 1.11 bits per heavy atom. The molecule has 0 spiro atoms. The molecule has 9 heteroatoms. The first-order valence-electron chi connectivity index (χ1n) is 11.8. The van der Waals surface area contributed by atoms with Crippen molar-refractivity contribution < 1.29 is 29.0 Å². The van der Waals surface area contributed by atoms with Crippen LogP contribution in [0.1, 0.15) is 57.0 Å². The van der Waals surface area contributed by atoms with Crippen molar-refractivity contribution in [2.75, 3.05) is 18.6 Å². The summed E-state index contributed by atoms with van der Waals surface area (Å²) in [5, 5.41) is 11.6. The Hall–Kier alpha value is -3.98. The zero-order valence-corrected chi connectivity index (χ0v) is 22.1. The fourth-order valence-corrected chi connectivity index (χ4v) is 5.23. The summed E-state index contributed by atoms with van der Waals surface area (Å²) in [7, 11) is 1.26. The minimum atomic E-state index is -0.962. The number of aliphatic hydroxyl groups is 1. The number of ether oxygens (including phenoxy) is 2. The molecule has 1 N–H and O–H groups in total. The average Bonchev–Trinajstić information content (AvgIpc) is 3.40. The third kappa shape index (κ3) is 4.86. The third-order valence-electron chi connectivity index (χ3n) is 6.12. The molecule has 1 aromatic heterocycles. The van der Waals surface area contributed by atoms with E-state index in [1.807, 2.05) is 32.9 Å². The van der Waals surface area contributed by atoms with Gasteiger partial charge in [0, 0.05) is 5.56 Å². The number of carbonyl (C=O) groups excluding carboxylic acids is 3. The zero-order chi connectivity index (χ0) is 26.9. The van der Waals surface area contributed by atoms with Gasteiger partial charge < -0.3 is 14.6 Å². The van der Waals surface area contributed by atoms with Crippen LogP contribution in [-0.2, 0) is 14.3 Å². The predicted octanol–water partition coefficient (Wildman–Crippen LogP) is 5.27. The molecule has 0 bridgehead atoms. The van der Waals surface area contributed by atoms with Crippen LogP contribution in [0.2, 0.25) is 0 Å². The number of thiazole rings is 1. The molecular weight excluding hydrogens is 492 g/mol. The monoisotopic (exact) mass is 520 g/mol. The highest BCUT2D eigenvalue weighted by atomic mass is 32.1. The second kappa shape index (κ2) is 10.6. The Balaban J connectivity index is 1.92. The van der Waals surface area contributed by atoms with E-state index in [-0.39, 0.29) is 21.3 Å². The first-order valence-corrected chi connectivity index (χ1v) is 12.7. The molecule has 0 saturated carbocycles. The van der Waals surface area contributed by atoms with Gasteiger partial charge in [0.15, 0.2) is 5.13 Å². The van der Waals surface area contributed by atoms with Crippen molar-refractivity contribution in [2.24, 2.45) is 0 Å². The van der Waals surface area contributed by atoms with Crippen LogP contribution in [0, 0.1) is 20.8 Å². The molecule has 3 aromatic rings. The molecule has 4 rings (SSSR count). The lowest BCUT2D eigenvalue weighted by Crippen LogP contribution is -2.29. The van der Waals surface area contributed by atoms with Crippen molar-refractivity contribution in [1.82, 2.24) is 4.98 Å². The second-order valence-corrected chi connectivity index (χ2v) is 9.79. The molecule has 1 saturated heterocycles. The molecule has 1 aliphatic heterocycles. The summed E-state index contributed by atoms with van der Waals surface area (Å²) >= 11 is 0.961. The van der Waals surface area contributed by atoms with Crippen molar-refractivity contribution in [3.8, 4) is 5.75 Å². The number of aromatic nitrogens is 1. The van der Waals surface area contributed by atoms with E-state index >= 15 is 0 Å². The van der Waals surface area contributed by atoms with E-state index < -0.39 is 23.7 Å². The first kappa shape index (κ1) is 26.1. The number of Topliss-reactive ketones (excluding diaryl/α,β-unsaturated/α-hetero) is 1. The highest BCUT2D eigenvalue weighted by molar-refractivity contribution is 7.17. The lowest BCUT2D eigenvalue weighted by molar-refractivity contribution is -0.132. The smallest absolute Gasteiger partial charge is 0.350 e. The van der Waals surface area contributed by atoms with E-state index in [2.05, 4.69) is 4.98 Å². The summed E-state index contributed by atoms with van der Waals surface area (Å²) < 4.78 is 10.5. The maximum Gasteiger partial charge on any atom is 0.350 e. The van der Waals surface area contributed by atoms with E-state index in [0.29, 0.717) is 29.2 Å². The van der Waals surface area contributed by atoms with Crippen molar-refractivity contribution in [3.05, 3.63) is 80.9 Å². The molecule has 8 nitrogen and oxygen atoms in total. The van der Waals surface area contributed by atoms with Gasteiger partial charge in [0.05, 0.1) is 31.0 Å². The molecule has 2 aromatic carbocycles. The number of ketones is 1. The van der Waals surface area contributed by atoms with Crippen molar-refractivity contribution in [1.29, 1.82) is 0 Å². The first-order chi connectivity index (χ1) is 17.7. The molecule has 2 heterocycles. The summed E-state index contributed by atoms with van der Waals surface area (Å²) in [6.07, 6.45) is 0.851. The molecule has 1 atom stereocenters. The Morgan fingerprint density at radius 3 is 2.46 bits per heavy atom. The van der Waals surface area contributed by atoms with E-state index in [1.54, 1.807) is 37.3 Å². The Bertz CT molecular complexity index is 1410. The van der Waals surface area contributed by atoms with Gasteiger partial charge in [-0.1, -0.05) is 48.1 Å². The molecule has 1 amide bonds. The maximum atomic E-state index is 13.4.